The number of fused-ring (bicyclic) bond motifs is 4. The first-order valence-electron chi connectivity index (χ1n) is 8.44. The van der Waals surface area contributed by atoms with Crippen molar-refractivity contribution in [2.24, 2.45) is 0 Å². The topological polar surface area (TPSA) is 39.9 Å². The molecule has 3 aromatic rings. The fraction of sp³-hybridized carbons (Fsp3) is 0.300. The van der Waals surface area contributed by atoms with E-state index in [1.54, 1.807) is 11.3 Å². The largest absolute Gasteiger partial charge is 0.366 e. The second kappa shape index (κ2) is 5.06. The molecule has 24 heavy (non-hydrogen) atoms. The predicted octanol–water partition coefficient (Wildman–Crippen LogP) is 4.28. The highest BCUT2D eigenvalue weighted by atomic mass is 32.1. The summed E-state index contributed by atoms with van der Waals surface area (Å²) in [7, 11) is 0. The van der Waals surface area contributed by atoms with E-state index in [9.17, 15) is 5.26 Å². The predicted molar refractivity (Wildman–Crippen MR) is 97.4 cm³/mol. The monoisotopic (exact) mass is 331 g/mol. The van der Waals surface area contributed by atoms with Crippen LogP contribution in [0.2, 0.25) is 0 Å². The Morgan fingerprint density at radius 1 is 1.17 bits per heavy atom. The van der Waals surface area contributed by atoms with Crippen molar-refractivity contribution in [3.63, 3.8) is 0 Å². The van der Waals surface area contributed by atoms with Gasteiger partial charge in [-0.3, -0.25) is 0 Å². The average molecular weight is 331 g/mol. The molecule has 1 fully saturated rings. The molecule has 2 aliphatic rings. The maximum absolute atomic E-state index is 10.3. The van der Waals surface area contributed by atoms with E-state index in [1.807, 2.05) is 18.2 Å². The van der Waals surface area contributed by atoms with E-state index in [0.29, 0.717) is 0 Å². The van der Waals surface area contributed by atoms with Gasteiger partial charge in [-0.1, -0.05) is 30.3 Å². The molecule has 4 heteroatoms. The van der Waals surface area contributed by atoms with Gasteiger partial charge in [0.15, 0.2) is 0 Å². The van der Waals surface area contributed by atoms with Crippen molar-refractivity contribution in [2.45, 2.75) is 30.7 Å². The van der Waals surface area contributed by atoms with E-state index >= 15 is 0 Å². The number of rotatable bonds is 1. The summed E-state index contributed by atoms with van der Waals surface area (Å²) >= 11 is 1.69. The van der Waals surface area contributed by atoms with E-state index in [4.69, 9.17) is 4.98 Å². The number of para-hydroxylation sites is 2. The molecule has 2 atom stereocenters. The first kappa shape index (κ1) is 14.0. The molecule has 0 radical (unpaired) electrons. The van der Waals surface area contributed by atoms with E-state index < -0.39 is 5.41 Å². The lowest BCUT2D eigenvalue weighted by Gasteiger charge is -2.43. The molecule has 1 saturated heterocycles. The van der Waals surface area contributed by atoms with Crippen LogP contribution in [0.3, 0.4) is 0 Å². The second-order valence-corrected chi connectivity index (χ2v) is 7.76. The smallest absolute Gasteiger partial charge is 0.133 e. The zero-order valence-electron chi connectivity index (χ0n) is 13.3. The summed E-state index contributed by atoms with van der Waals surface area (Å²) in [5.74, 6) is 0. The van der Waals surface area contributed by atoms with Crippen LogP contribution in [0.5, 0.6) is 0 Å². The number of anilines is 1. The number of nitrogens with zero attached hydrogens (tertiary/aromatic N) is 3. The van der Waals surface area contributed by atoms with Gasteiger partial charge in [-0.15, -0.1) is 11.3 Å². The third kappa shape index (κ3) is 1.79. The van der Waals surface area contributed by atoms with Crippen molar-refractivity contribution in [1.29, 1.82) is 5.26 Å². The van der Waals surface area contributed by atoms with Gasteiger partial charge >= 0.3 is 0 Å². The first-order chi connectivity index (χ1) is 11.8. The van der Waals surface area contributed by atoms with Crippen LogP contribution in [0.15, 0.2) is 48.5 Å². The van der Waals surface area contributed by atoms with Crippen molar-refractivity contribution in [3.05, 3.63) is 59.1 Å². The molecule has 3 nitrogen and oxygen atoms in total. The minimum Gasteiger partial charge on any atom is -0.366 e. The van der Waals surface area contributed by atoms with Crippen molar-refractivity contribution in [1.82, 2.24) is 4.98 Å². The quantitative estimate of drug-likeness (QED) is 0.668. The molecule has 0 bridgehead atoms. The summed E-state index contributed by atoms with van der Waals surface area (Å²) in [6, 6.07) is 19.7. The lowest BCUT2D eigenvalue weighted by atomic mass is 9.72. The Morgan fingerprint density at radius 2 is 2.00 bits per heavy atom. The number of aromatic nitrogens is 1. The van der Waals surface area contributed by atoms with E-state index in [1.165, 1.54) is 16.0 Å². The molecular weight excluding hydrogens is 314 g/mol. The lowest BCUT2D eigenvalue weighted by molar-refractivity contribution is 0.409. The van der Waals surface area contributed by atoms with Crippen molar-refractivity contribution >= 4 is 27.2 Å². The van der Waals surface area contributed by atoms with Crippen LogP contribution in [0.25, 0.3) is 10.2 Å². The molecule has 0 saturated carbocycles. The van der Waals surface area contributed by atoms with Gasteiger partial charge in [-0.05, 0) is 36.6 Å². The Balaban J connectivity index is 1.73. The van der Waals surface area contributed by atoms with Crippen molar-refractivity contribution < 1.29 is 0 Å². The van der Waals surface area contributed by atoms with E-state index in [0.717, 1.165) is 36.3 Å². The van der Waals surface area contributed by atoms with Crippen LogP contribution < -0.4 is 4.90 Å². The van der Waals surface area contributed by atoms with Gasteiger partial charge in [0, 0.05) is 18.7 Å². The number of hydrogen-bond acceptors (Lipinski definition) is 4. The van der Waals surface area contributed by atoms with Gasteiger partial charge in [-0.2, -0.15) is 5.26 Å². The SMILES string of the molecule is N#C[C@]1(c2nc3ccccc3s2)Cc2ccccc2N2CCC[C@H]21. The summed E-state index contributed by atoms with van der Waals surface area (Å²) in [5.41, 5.74) is 3.06. The minimum absolute atomic E-state index is 0.234. The summed E-state index contributed by atoms with van der Waals surface area (Å²) in [6.07, 6.45) is 2.98. The maximum atomic E-state index is 10.3. The number of hydrogen-bond donors (Lipinski definition) is 0. The summed E-state index contributed by atoms with van der Waals surface area (Å²) in [5, 5.41) is 11.3. The van der Waals surface area contributed by atoms with Gasteiger partial charge in [0.1, 0.15) is 10.4 Å². The van der Waals surface area contributed by atoms with Gasteiger partial charge in [0.25, 0.3) is 0 Å². The molecule has 0 spiro atoms. The zero-order valence-corrected chi connectivity index (χ0v) is 14.1. The molecule has 118 valence electrons. The number of thiazole rings is 1. The summed E-state index contributed by atoms with van der Waals surface area (Å²) in [4.78, 5) is 7.33. The van der Waals surface area contributed by atoms with Crippen LogP contribution in [-0.4, -0.2) is 17.6 Å². The molecule has 2 aliphatic heterocycles. The molecule has 5 rings (SSSR count). The Morgan fingerprint density at radius 3 is 2.88 bits per heavy atom. The summed E-state index contributed by atoms with van der Waals surface area (Å²) in [6.45, 7) is 1.04. The van der Waals surface area contributed by atoms with E-state index in [-0.39, 0.29) is 6.04 Å². The number of nitriles is 1. The van der Waals surface area contributed by atoms with Crippen LogP contribution >= 0.6 is 11.3 Å². The molecular formula is C20H17N3S. The molecule has 3 heterocycles. The van der Waals surface area contributed by atoms with Gasteiger partial charge in [0.05, 0.1) is 22.3 Å². The Hall–Kier alpha value is -2.38. The van der Waals surface area contributed by atoms with Gasteiger partial charge in [0.2, 0.25) is 0 Å². The van der Waals surface area contributed by atoms with Gasteiger partial charge in [-0.25, -0.2) is 4.98 Å². The Bertz CT molecular complexity index is 937. The zero-order chi connectivity index (χ0) is 16.1. The third-order valence-electron chi connectivity index (χ3n) is 5.47. The minimum atomic E-state index is -0.533. The Kier molecular flexibility index (Phi) is 2.95. The van der Waals surface area contributed by atoms with Gasteiger partial charge < -0.3 is 4.90 Å². The van der Waals surface area contributed by atoms with Crippen LogP contribution in [0.4, 0.5) is 5.69 Å². The molecule has 0 amide bonds. The fourth-order valence-corrected chi connectivity index (χ4v) is 5.52. The fourth-order valence-electron chi connectivity index (χ4n) is 4.37. The average Bonchev–Trinajstić information content (AvgIpc) is 3.28. The second-order valence-electron chi connectivity index (χ2n) is 6.73. The normalized spacial score (nSPS) is 25.3. The Labute approximate surface area is 145 Å². The summed E-state index contributed by atoms with van der Waals surface area (Å²) < 4.78 is 1.17. The molecule has 0 N–H and O–H groups in total. The molecule has 0 aliphatic carbocycles. The molecule has 2 aromatic carbocycles. The van der Waals surface area contributed by atoms with Crippen LogP contribution in [0.1, 0.15) is 23.4 Å². The standard InChI is InChI=1S/C20H17N3S/c21-13-20(19-22-15-7-2-4-9-17(15)24-19)12-14-6-1-3-8-16(14)23-11-5-10-18(20)23/h1-4,6-9,18H,5,10-12H2/t18-,20+/m0/s1. The van der Waals surface area contributed by atoms with Crippen molar-refractivity contribution in [3.8, 4) is 6.07 Å². The number of benzene rings is 2. The molecule has 0 unspecified atom stereocenters. The van der Waals surface area contributed by atoms with Crippen LogP contribution in [0, 0.1) is 11.3 Å². The van der Waals surface area contributed by atoms with Crippen molar-refractivity contribution in [2.75, 3.05) is 11.4 Å². The highest BCUT2D eigenvalue weighted by Crippen LogP contribution is 2.48. The maximum Gasteiger partial charge on any atom is 0.133 e. The highest BCUT2D eigenvalue weighted by Gasteiger charge is 2.51. The third-order valence-corrected chi connectivity index (χ3v) is 6.68. The van der Waals surface area contributed by atoms with Crippen LogP contribution in [-0.2, 0) is 11.8 Å². The van der Waals surface area contributed by atoms with E-state index in [2.05, 4.69) is 41.3 Å². The first-order valence-corrected chi connectivity index (χ1v) is 9.25. The lowest BCUT2D eigenvalue weighted by Crippen LogP contribution is -2.51. The molecule has 1 aromatic heterocycles. The highest BCUT2D eigenvalue weighted by molar-refractivity contribution is 7.18.